The Kier molecular flexibility index (Phi) is 16.0. The number of carbonyl (C=O) groups excluding carboxylic acids is 5. The van der Waals surface area contributed by atoms with Crippen molar-refractivity contribution in [3.05, 3.63) is 71.7 Å². The number of ether oxygens (including phenoxy) is 1. The van der Waals surface area contributed by atoms with Crippen LogP contribution in [-0.4, -0.2) is 161 Å². The van der Waals surface area contributed by atoms with E-state index in [1.165, 1.54) is 0 Å². The third kappa shape index (κ3) is 11.8. The molecule has 5 amide bonds. The van der Waals surface area contributed by atoms with Crippen molar-refractivity contribution in [1.29, 1.82) is 5.26 Å². The highest BCUT2D eigenvalue weighted by Gasteiger charge is 2.42. The predicted octanol–water partition coefficient (Wildman–Crippen LogP) is 4.85. The standard InChI is InChI=1S/C54H70N12O6/c1-3-72-45-31-47(51-43(32-55)34-58-66(51)36-45)41-12-15-48(56-33-41)63-20-17-54(18-21-63,59-52(70)40-10-11-40)37-61-24-28-64(29-25-61)50(69)8-6-4-5-7-19-60-22-26-62(27-23-60)44-13-14-46-42(30-44)35-65(53(46)71)39(2)9-16-49(68)57-38-67/h12-15,30-31,33-34,36,38-40H,3-11,16-29,35,37H2,1-2H3,(H,59,70)(H,57,67,68). The van der Waals surface area contributed by atoms with E-state index in [-0.39, 0.29) is 47.5 Å². The zero-order valence-corrected chi connectivity index (χ0v) is 42.0. The smallest absolute Gasteiger partial charge is 0.254 e. The van der Waals surface area contributed by atoms with Crippen LogP contribution in [0.4, 0.5) is 11.5 Å². The van der Waals surface area contributed by atoms with Gasteiger partial charge in [-0.3, -0.25) is 39.1 Å². The number of imide groups is 1. The summed E-state index contributed by atoms with van der Waals surface area (Å²) in [7, 11) is 0. The molecule has 7 heterocycles. The minimum Gasteiger partial charge on any atom is -0.492 e. The average molecular weight is 983 g/mol. The third-order valence-electron chi connectivity index (χ3n) is 15.5. The van der Waals surface area contributed by atoms with Gasteiger partial charge in [0.05, 0.1) is 35.6 Å². The Labute approximate surface area is 422 Å². The van der Waals surface area contributed by atoms with Crippen LogP contribution in [0, 0.1) is 17.2 Å². The number of anilines is 2. The average Bonchev–Trinajstić information content (AvgIpc) is 4.10. The quantitative estimate of drug-likeness (QED) is 0.0853. The first kappa shape index (κ1) is 50.4. The van der Waals surface area contributed by atoms with Crippen LogP contribution in [0.3, 0.4) is 0 Å². The van der Waals surface area contributed by atoms with Gasteiger partial charge in [-0.05, 0) is 107 Å². The molecule has 5 aliphatic rings. The van der Waals surface area contributed by atoms with E-state index in [9.17, 15) is 29.2 Å². The van der Waals surface area contributed by atoms with Gasteiger partial charge in [0.15, 0.2) is 0 Å². The third-order valence-corrected chi connectivity index (χ3v) is 15.5. The lowest BCUT2D eigenvalue weighted by molar-refractivity contribution is -0.133. The molecular weight excluding hydrogens is 913 g/mol. The summed E-state index contributed by atoms with van der Waals surface area (Å²) in [5.74, 6) is 1.75. The van der Waals surface area contributed by atoms with Crippen molar-refractivity contribution >= 4 is 47.1 Å². The zero-order valence-electron chi connectivity index (χ0n) is 42.0. The molecule has 0 spiro atoms. The SMILES string of the molecule is CCOc1cc(-c2ccc(N3CCC(CN4CCN(C(=O)CCCCCCN5CCN(c6ccc7c(c6)CN(C(C)CCC(=O)NC=O)C7=O)CC5)CC4)(NC(=O)C4CC4)CC3)nc2)c2c(C#N)cnn2c1. The number of piperidine rings is 1. The molecule has 3 aromatic heterocycles. The van der Waals surface area contributed by atoms with Crippen LogP contribution in [0.15, 0.2) is 55.0 Å². The van der Waals surface area contributed by atoms with Crippen molar-refractivity contribution in [2.24, 2.45) is 5.92 Å². The Hall–Kier alpha value is -6.58. The van der Waals surface area contributed by atoms with E-state index in [0.717, 1.165) is 156 Å². The Bertz CT molecular complexity index is 2620. The molecule has 1 aliphatic carbocycles. The van der Waals surface area contributed by atoms with Crippen LogP contribution < -0.4 is 25.2 Å². The Morgan fingerprint density at radius 3 is 2.36 bits per heavy atom. The second-order valence-electron chi connectivity index (χ2n) is 20.4. The topological polar surface area (TPSA) is 192 Å². The minimum absolute atomic E-state index is 0.00601. The van der Waals surface area contributed by atoms with Gasteiger partial charge in [0.1, 0.15) is 17.6 Å². The molecule has 1 atom stereocenters. The summed E-state index contributed by atoms with van der Waals surface area (Å²) in [6.07, 6.45) is 14.6. The lowest BCUT2D eigenvalue weighted by atomic mass is 9.86. The number of fused-ring (bicyclic) bond motifs is 2. The summed E-state index contributed by atoms with van der Waals surface area (Å²) >= 11 is 0. The summed E-state index contributed by atoms with van der Waals surface area (Å²) in [4.78, 5) is 80.5. The molecule has 4 aliphatic heterocycles. The monoisotopic (exact) mass is 983 g/mol. The van der Waals surface area contributed by atoms with Gasteiger partial charge in [0.2, 0.25) is 24.1 Å². The summed E-state index contributed by atoms with van der Waals surface area (Å²) in [5.41, 5.74) is 5.46. The molecule has 382 valence electrons. The zero-order chi connectivity index (χ0) is 50.2. The molecule has 72 heavy (non-hydrogen) atoms. The van der Waals surface area contributed by atoms with Crippen molar-refractivity contribution < 1.29 is 28.7 Å². The van der Waals surface area contributed by atoms with E-state index in [1.807, 2.05) is 54.1 Å². The molecule has 3 saturated heterocycles. The van der Waals surface area contributed by atoms with Crippen molar-refractivity contribution in [2.45, 2.75) is 103 Å². The summed E-state index contributed by atoms with van der Waals surface area (Å²) in [6.45, 7) is 15.1. The number of hydrogen-bond acceptors (Lipinski definition) is 13. The molecule has 2 N–H and O–H groups in total. The highest BCUT2D eigenvalue weighted by Crippen LogP contribution is 2.35. The molecule has 18 nitrogen and oxygen atoms in total. The van der Waals surface area contributed by atoms with Gasteiger partial charge in [-0.2, -0.15) is 10.4 Å². The number of carbonyl (C=O) groups is 5. The lowest BCUT2D eigenvalue weighted by Crippen LogP contribution is -2.63. The molecule has 4 aromatic rings. The van der Waals surface area contributed by atoms with Crippen LogP contribution in [0.1, 0.15) is 106 Å². The van der Waals surface area contributed by atoms with Crippen LogP contribution >= 0.6 is 0 Å². The number of unbranched alkanes of at least 4 members (excludes halogenated alkanes) is 3. The van der Waals surface area contributed by atoms with Crippen molar-refractivity contribution in [1.82, 2.24) is 44.8 Å². The summed E-state index contributed by atoms with van der Waals surface area (Å²) in [6, 6.07) is 14.3. The number of nitrogens with zero attached hydrogens (tertiary/aromatic N) is 10. The summed E-state index contributed by atoms with van der Waals surface area (Å²) < 4.78 is 7.50. The fraction of sp³-hybridized carbons (Fsp3) is 0.556. The molecule has 1 unspecified atom stereocenters. The lowest BCUT2D eigenvalue weighted by Gasteiger charge is -2.46. The van der Waals surface area contributed by atoms with Gasteiger partial charge in [0.25, 0.3) is 5.91 Å². The predicted molar refractivity (Wildman–Crippen MR) is 273 cm³/mol. The van der Waals surface area contributed by atoms with E-state index >= 15 is 0 Å². The maximum Gasteiger partial charge on any atom is 0.254 e. The van der Waals surface area contributed by atoms with E-state index < -0.39 is 0 Å². The number of hydrogen-bond donors (Lipinski definition) is 2. The van der Waals surface area contributed by atoms with Gasteiger partial charge in [-0.25, -0.2) is 9.50 Å². The molecular formula is C54H70N12O6. The maximum atomic E-state index is 13.4. The minimum atomic E-state index is -0.339. The molecule has 18 heteroatoms. The Balaban J connectivity index is 0.675. The highest BCUT2D eigenvalue weighted by atomic mass is 16.5. The Morgan fingerprint density at radius 2 is 1.65 bits per heavy atom. The molecule has 9 rings (SSSR count). The second-order valence-corrected chi connectivity index (χ2v) is 20.4. The van der Waals surface area contributed by atoms with E-state index in [1.54, 1.807) is 16.9 Å². The van der Waals surface area contributed by atoms with Crippen molar-refractivity contribution in [2.75, 3.05) is 94.9 Å². The number of amides is 5. The van der Waals surface area contributed by atoms with Crippen molar-refractivity contribution in [3.8, 4) is 22.9 Å². The fourth-order valence-corrected chi connectivity index (χ4v) is 11.0. The van der Waals surface area contributed by atoms with Crippen LogP contribution in [0.5, 0.6) is 5.75 Å². The van der Waals surface area contributed by atoms with Crippen LogP contribution in [-0.2, 0) is 25.7 Å². The maximum absolute atomic E-state index is 13.4. The van der Waals surface area contributed by atoms with Crippen LogP contribution in [0.25, 0.3) is 16.6 Å². The number of piperazine rings is 2. The second kappa shape index (κ2) is 22.9. The van der Waals surface area contributed by atoms with Gasteiger partial charge in [0, 0.05) is 132 Å². The van der Waals surface area contributed by atoms with Gasteiger partial charge in [-0.15, -0.1) is 0 Å². The highest BCUT2D eigenvalue weighted by molar-refractivity contribution is 5.99. The molecule has 4 fully saturated rings. The normalized spacial score (nSPS) is 18.7. The summed E-state index contributed by atoms with van der Waals surface area (Å²) in [5, 5.41) is 19.9. The first-order valence-corrected chi connectivity index (χ1v) is 26.3. The van der Waals surface area contributed by atoms with Gasteiger partial charge in [-0.1, -0.05) is 12.8 Å². The number of rotatable bonds is 21. The van der Waals surface area contributed by atoms with E-state index in [0.29, 0.717) is 56.8 Å². The Morgan fingerprint density at radius 1 is 0.889 bits per heavy atom. The number of nitriles is 1. The van der Waals surface area contributed by atoms with E-state index in [2.05, 4.69) is 53.5 Å². The molecule has 0 bridgehead atoms. The number of nitrogens with one attached hydrogen (secondary N) is 2. The number of benzene rings is 1. The van der Waals surface area contributed by atoms with Gasteiger partial charge < -0.3 is 29.7 Å². The molecule has 1 saturated carbocycles. The van der Waals surface area contributed by atoms with Crippen molar-refractivity contribution in [3.63, 3.8) is 0 Å². The first-order chi connectivity index (χ1) is 35.0. The molecule has 1 aromatic carbocycles. The number of pyridine rings is 2. The van der Waals surface area contributed by atoms with E-state index in [4.69, 9.17) is 9.72 Å². The van der Waals surface area contributed by atoms with Crippen LogP contribution in [0.2, 0.25) is 0 Å². The first-order valence-electron chi connectivity index (χ1n) is 26.3. The number of aromatic nitrogens is 3. The molecule has 0 radical (unpaired) electrons. The fourth-order valence-electron chi connectivity index (χ4n) is 11.0. The van der Waals surface area contributed by atoms with Gasteiger partial charge >= 0.3 is 0 Å². The largest absolute Gasteiger partial charge is 0.492 e.